The smallest absolute Gasteiger partial charge is 0.255 e. The highest BCUT2D eigenvalue weighted by molar-refractivity contribution is 6.06. The number of piperazine rings is 1. The number of carbonyl (C=O) groups is 1. The average molecular weight is 412 g/mol. The van der Waals surface area contributed by atoms with E-state index in [2.05, 4.69) is 21.6 Å². The zero-order chi connectivity index (χ0) is 21.0. The van der Waals surface area contributed by atoms with Crippen LogP contribution in [-0.2, 0) is 6.54 Å². The van der Waals surface area contributed by atoms with Gasteiger partial charge in [-0.15, -0.1) is 0 Å². The van der Waals surface area contributed by atoms with Crippen molar-refractivity contribution < 1.29 is 9.21 Å². The summed E-state index contributed by atoms with van der Waals surface area (Å²) in [5, 5.41) is 6.38. The van der Waals surface area contributed by atoms with Crippen LogP contribution in [-0.4, -0.2) is 42.0 Å². The van der Waals surface area contributed by atoms with Crippen LogP contribution in [0.15, 0.2) is 77.2 Å². The van der Waals surface area contributed by atoms with E-state index >= 15 is 0 Å². The summed E-state index contributed by atoms with van der Waals surface area (Å²) in [5.41, 5.74) is 4.80. The first-order valence-corrected chi connectivity index (χ1v) is 10.6. The molecular formula is C25H24N4O2. The minimum absolute atomic E-state index is 0.163. The van der Waals surface area contributed by atoms with Crippen LogP contribution >= 0.6 is 0 Å². The molecule has 0 radical (unpaired) electrons. The minimum atomic E-state index is -0.163. The lowest BCUT2D eigenvalue weighted by Gasteiger charge is -2.27. The van der Waals surface area contributed by atoms with Gasteiger partial charge in [-0.05, 0) is 30.3 Å². The van der Waals surface area contributed by atoms with E-state index in [4.69, 9.17) is 9.40 Å². The number of para-hydroxylation sites is 2. The van der Waals surface area contributed by atoms with Gasteiger partial charge in [0.05, 0.1) is 11.3 Å². The highest BCUT2D eigenvalue weighted by Crippen LogP contribution is 2.32. The third kappa shape index (κ3) is 4.21. The van der Waals surface area contributed by atoms with Crippen LogP contribution in [0.2, 0.25) is 0 Å². The van der Waals surface area contributed by atoms with Gasteiger partial charge in [-0.2, -0.15) is 0 Å². The summed E-state index contributed by atoms with van der Waals surface area (Å²) in [7, 11) is 0. The van der Waals surface area contributed by atoms with Crippen molar-refractivity contribution in [2.24, 2.45) is 0 Å². The molecule has 0 spiro atoms. The Kier molecular flexibility index (Phi) is 5.48. The second kappa shape index (κ2) is 8.71. The molecule has 1 fully saturated rings. The largest absolute Gasteiger partial charge is 0.436 e. The first-order chi connectivity index (χ1) is 15.3. The molecule has 0 aliphatic carbocycles. The van der Waals surface area contributed by atoms with Gasteiger partial charge in [0.25, 0.3) is 5.91 Å². The molecule has 0 saturated carbocycles. The number of rotatable bonds is 5. The molecule has 31 heavy (non-hydrogen) atoms. The Balaban J connectivity index is 1.46. The summed E-state index contributed by atoms with van der Waals surface area (Å²) >= 11 is 0. The van der Waals surface area contributed by atoms with Crippen molar-refractivity contribution in [2.75, 3.05) is 31.5 Å². The predicted molar refractivity (Wildman–Crippen MR) is 122 cm³/mol. The lowest BCUT2D eigenvalue weighted by molar-refractivity contribution is 0.102. The monoisotopic (exact) mass is 412 g/mol. The third-order valence-electron chi connectivity index (χ3n) is 5.54. The lowest BCUT2D eigenvalue weighted by atomic mass is 10.1. The van der Waals surface area contributed by atoms with Crippen molar-refractivity contribution in [3.63, 3.8) is 0 Å². The summed E-state index contributed by atoms with van der Waals surface area (Å²) in [6, 6.07) is 22.9. The molecule has 1 aromatic heterocycles. The predicted octanol–water partition coefficient (Wildman–Crippen LogP) is 4.15. The van der Waals surface area contributed by atoms with Crippen molar-refractivity contribution in [2.45, 2.75) is 6.54 Å². The maximum atomic E-state index is 12.7. The summed E-state index contributed by atoms with van der Waals surface area (Å²) in [4.78, 5) is 19.8. The van der Waals surface area contributed by atoms with Crippen molar-refractivity contribution in [1.29, 1.82) is 0 Å². The number of nitrogens with one attached hydrogen (secondary N) is 2. The number of aromatic nitrogens is 1. The van der Waals surface area contributed by atoms with Crippen LogP contribution in [0.5, 0.6) is 0 Å². The molecule has 0 bridgehead atoms. The van der Waals surface area contributed by atoms with Gasteiger partial charge in [0, 0.05) is 43.9 Å². The van der Waals surface area contributed by atoms with E-state index in [9.17, 15) is 4.79 Å². The van der Waals surface area contributed by atoms with E-state index in [1.54, 1.807) is 12.1 Å². The maximum absolute atomic E-state index is 12.7. The number of fused-ring (bicyclic) bond motifs is 1. The topological polar surface area (TPSA) is 70.4 Å². The molecule has 2 heterocycles. The van der Waals surface area contributed by atoms with E-state index in [-0.39, 0.29) is 5.91 Å². The van der Waals surface area contributed by atoms with E-state index in [1.165, 1.54) is 0 Å². The Morgan fingerprint density at radius 2 is 1.74 bits per heavy atom. The van der Waals surface area contributed by atoms with E-state index in [0.29, 0.717) is 17.1 Å². The molecule has 6 heteroatoms. The number of hydrogen-bond acceptors (Lipinski definition) is 5. The Morgan fingerprint density at radius 1 is 0.968 bits per heavy atom. The molecule has 4 aromatic rings. The lowest BCUT2D eigenvalue weighted by Crippen LogP contribution is -2.42. The van der Waals surface area contributed by atoms with Gasteiger partial charge >= 0.3 is 0 Å². The van der Waals surface area contributed by atoms with Gasteiger partial charge in [-0.3, -0.25) is 9.69 Å². The van der Waals surface area contributed by atoms with Crippen molar-refractivity contribution in [1.82, 2.24) is 15.2 Å². The number of amides is 1. The fourth-order valence-corrected chi connectivity index (χ4v) is 3.92. The van der Waals surface area contributed by atoms with Crippen LogP contribution in [0.3, 0.4) is 0 Å². The first-order valence-electron chi connectivity index (χ1n) is 10.6. The summed E-state index contributed by atoms with van der Waals surface area (Å²) < 4.78 is 6.25. The number of benzene rings is 3. The van der Waals surface area contributed by atoms with Gasteiger partial charge in [-0.25, -0.2) is 4.98 Å². The van der Waals surface area contributed by atoms with Crippen molar-refractivity contribution >= 4 is 22.7 Å². The standard InChI is InChI=1S/C25H24N4O2/c30-24(18-7-2-1-3-8-18)27-21-11-5-4-10-20(21)25-28-22-12-6-9-19(23(22)31-25)17-29-15-13-26-14-16-29/h1-12,26H,13-17H2,(H,27,30). The van der Waals surface area contributed by atoms with Crippen LogP contribution in [0.1, 0.15) is 15.9 Å². The quantitative estimate of drug-likeness (QED) is 0.515. The second-order valence-electron chi connectivity index (χ2n) is 7.68. The highest BCUT2D eigenvalue weighted by atomic mass is 16.3. The molecule has 156 valence electrons. The van der Waals surface area contributed by atoms with Crippen LogP contribution < -0.4 is 10.6 Å². The maximum Gasteiger partial charge on any atom is 0.255 e. The second-order valence-corrected chi connectivity index (χ2v) is 7.68. The Hall–Kier alpha value is -3.48. The van der Waals surface area contributed by atoms with Crippen LogP contribution in [0.25, 0.3) is 22.6 Å². The number of nitrogens with zero attached hydrogens (tertiary/aromatic N) is 2. The minimum Gasteiger partial charge on any atom is -0.436 e. The molecular weight excluding hydrogens is 388 g/mol. The molecule has 6 nitrogen and oxygen atoms in total. The molecule has 1 aliphatic rings. The van der Waals surface area contributed by atoms with Gasteiger partial charge in [-0.1, -0.05) is 42.5 Å². The molecule has 2 N–H and O–H groups in total. The van der Waals surface area contributed by atoms with Gasteiger partial charge < -0.3 is 15.1 Å². The van der Waals surface area contributed by atoms with Gasteiger partial charge in [0.15, 0.2) is 5.58 Å². The van der Waals surface area contributed by atoms with Crippen molar-refractivity contribution in [3.8, 4) is 11.5 Å². The molecule has 3 aromatic carbocycles. The molecule has 5 rings (SSSR count). The van der Waals surface area contributed by atoms with Crippen LogP contribution in [0, 0.1) is 0 Å². The van der Waals surface area contributed by atoms with Crippen LogP contribution in [0.4, 0.5) is 5.69 Å². The Bertz CT molecular complexity index is 1200. The molecule has 0 unspecified atom stereocenters. The number of oxazole rings is 1. The van der Waals surface area contributed by atoms with Gasteiger partial charge in [0.2, 0.25) is 5.89 Å². The molecule has 1 aliphatic heterocycles. The fourth-order valence-electron chi connectivity index (χ4n) is 3.92. The molecule has 0 atom stereocenters. The summed E-state index contributed by atoms with van der Waals surface area (Å²) in [6.45, 7) is 4.88. The summed E-state index contributed by atoms with van der Waals surface area (Å²) in [5.74, 6) is 0.343. The normalized spacial score (nSPS) is 14.6. The molecule has 1 amide bonds. The van der Waals surface area contributed by atoms with Gasteiger partial charge in [0.1, 0.15) is 5.52 Å². The third-order valence-corrected chi connectivity index (χ3v) is 5.54. The van der Waals surface area contributed by atoms with E-state index in [0.717, 1.165) is 55.0 Å². The molecule has 1 saturated heterocycles. The number of anilines is 1. The average Bonchev–Trinajstić information content (AvgIpc) is 3.26. The number of hydrogen-bond donors (Lipinski definition) is 2. The SMILES string of the molecule is O=C(Nc1ccccc1-c1nc2cccc(CN3CCNCC3)c2o1)c1ccccc1. The van der Waals surface area contributed by atoms with Crippen molar-refractivity contribution in [3.05, 3.63) is 83.9 Å². The zero-order valence-corrected chi connectivity index (χ0v) is 17.2. The summed E-state index contributed by atoms with van der Waals surface area (Å²) in [6.07, 6.45) is 0. The first kappa shape index (κ1) is 19.5. The van der Waals surface area contributed by atoms with E-state index in [1.807, 2.05) is 54.6 Å². The highest BCUT2D eigenvalue weighted by Gasteiger charge is 2.18. The Morgan fingerprint density at radius 3 is 2.58 bits per heavy atom. The fraction of sp³-hybridized carbons (Fsp3) is 0.200. The van der Waals surface area contributed by atoms with E-state index < -0.39 is 0 Å². The number of carbonyl (C=O) groups excluding carboxylic acids is 1. The zero-order valence-electron chi connectivity index (χ0n) is 17.2. The Labute approximate surface area is 180 Å².